The molecule has 0 spiro atoms. The van der Waals surface area contributed by atoms with Crippen LogP contribution in [0, 0.1) is 18.3 Å². The third-order valence-electron chi connectivity index (χ3n) is 1.99. The Balaban J connectivity index is 3.34. The molecule has 0 saturated heterocycles. The predicted molar refractivity (Wildman–Crippen MR) is 56.4 cm³/mol. The van der Waals surface area contributed by atoms with Crippen molar-refractivity contribution < 1.29 is 9.84 Å². The van der Waals surface area contributed by atoms with Crippen molar-refractivity contribution in [3.8, 4) is 17.6 Å². The Bertz CT molecular complexity index is 396. The van der Waals surface area contributed by atoms with E-state index in [0.29, 0.717) is 16.9 Å². The Hall–Kier alpha value is -1.21. The van der Waals surface area contributed by atoms with Gasteiger partial charge in [-0.1, -0.05) is 0 Å². The fourth-order valence-electron chi connectivity index (χ4n) is 1.28. The number of aromatic hydroxyl groups is 1. The first kappa shape index (κ1) is 10.9. The number of nitrogens with zero attached hydrogens (tertiary/aromatic N) is 1. The minimum absolute atomic E-state index is 0.131. The van der Waals surface area contributed by atoms with Crippen molar-refractivity contribution >= 4 is 15.9 Å². The summed E-state index contributed by atoms with van der Waals surface area (Å²) in [6.45, 7) is 1.75. The van der Waals surface area contributed by atoms with Gasteiger partial charge in [-0.15, -0.1) is 0 Å². The van der Waals surface area contributed by atoms with Gasteiger partial charge in [0.25, 0.3) is 0 Å². The van der Waals surface area contributed by atoms with Gasteiger partial charge >= 0.3 is 0 Å². The molecule has 0 bridgehead atoms. The van der Waals surface area contributed by atoms with Gasteiger partial charge in [0.05, 0.1) is 24.1 Å². The SMILES string of the molecule is COc1c(Br)cc(CC#N)c(O)c1C. The minimum Gasteiger partial charge on any atom is -0.507 e. The molecule has 1 N–H and O–H groups in total. The summed E-state index contributed by atoms with van der Waals surface area (Å²) in [5, 5.41) is 18.3. The van der Waals surface area contributed by atoms with Crippen LogP contribution in [0.15, 0.2) is 10.5 Å². The second kappa shape index (κ2) is 4.34. The molecule has 74 valence electrons. The van der Waals surface area contributed by atoms with Crippen LogP contribution in [0.1, 0.15) is 11.1 Å². The number of hydrogen-bond donors (Lipinski definition) is 1. The first-order chi connectivity index (χ1) is 6.61. The second-order valence-electron chi connectivity index (χ2n) is 2.86. The molecule has 4 heteroatoms. The van der Waals surface area contributed by atoms with Crippen LogP contribution in [0.25, 0.3) is 0 Å². The van der Waals surface area contributed by atoms with Crippen LogP contribution >= 0.6 is 15.9 Å². The molecule has 0 aliphatic heterocycles. The van der Waals surface area contributed by atoms with Crippen molar-refractivity contribution in [3.63, 3.8) is 0 Å². The highest BCUT2D eigenvalue weighted by Crippen LogP contribution is 2.37. The predicted octanol–water partition coefficient (Wildman–Crippen LogP) is 2.54. The maximum atomic E-state index is 9.71. The molecule has 0 radical (unpaired) electrons. The van der Waals surface area contributed by atoms with E-state index < -0.39 is 0 Å². The molecule has 1 aromatic carbocycles. The molecule has 0 heterocycles. The van der Waals surface area contributed by atoms with Gasteiger partial charge in [0.15, 0.2) is 0 Å². The quantitative estimate of drug-likeness (QED) is 0.884. The first-order valence-corrected chi connectivity index (χ1v) is 4.83. The van der Waals surface area contributed by atoms with E-state index in [4.69, 9.17) is 10.00 Å². The molecule has 1 aromatic rings. The molecule has 0 aromatic heterocycles. The molecule has 1 rings (SSSR count). The first-order valence-electron chi connectivity index (χ1n) is 4.03. The van der Waals surface area contributed by atoms with Crippen LogP contribution in [0.4, 0.5) is 0 Å². The maximum Gasteiger partial charge on any atom is 0.139 e. The molecule has 0 fully saturated rings. The number of phenols is 1. The van der Waals surface area contributed by atoms with Gasteiger partial charge in [-0.05, 0) is 28.9 Å². The summed E-state index contributed by atoms with van der Waals surface area (Å²) in [5.41, 5.74) is 1.25. The maximum absolute atomic E-state index is 9.71. The van der Waals surface area contributed by atoms with Gasteiger partial charge in [-0.2, -0.15) is 5.26 Å². The summed E-state index contributed by atoms with van der Waals surface area (Å²) in [7, 11) is 1.54. The summed E-state index contributed by atoms with van der Waals surface area (Å²) in [6.07, 6.45) is 0.190. The largest absolute Gasteiger partial charge is 0.507 e. The number of ether oxygens (including phenoxy) is 1. The standard InChI is InChI=1S/C10H10BrNO2/c1-6-9(13)7(3-4-12)5-8(11)10(6)14-2/h5,13H,3H2,1-2H3. The molecular weight excluding hydrogens is 246 g/mol. The van der Waals surface area contributed by atoms with Crippen molar-refractivity contribution in [2.24, 2.45) is 0 Å². The molecular formula is C10H10BrNO2. The second-order valence-corrected chi connectivity index (χ2v) is 3.71. The van der Waals surface area contributed by atoms with E-state index in [1.807, 2.05) is 6.07 Å². The Morgan fingerprint density at radius 3 is 2.79 bits per heavy atom. The molecule has 0 aliphatic rings. The molecule has 0 atom stereocenters. The normalized spacial score (nSPS) is 9.57. The lowest BCUT2D eigenvalue weighted by Gasteiger charge is -2.11. The zero-order chi connectivity index (χ0) is 10.7. The molecule has 14 heavy (non-hydrogen) atoms. The Morgan fingerprint density at radius 1 is 1.64 bits per heavy atom. The van der Waals surface area contributed by atoms with Crippen LogP contribution in [0.5, 0.6) is 11.5 Å². The van der Waals surface area contributed by atoms with E-state index in [0.717, 1.165) is 4.47 Å². The highest BCUT2D eigenvalue weighted by Gasteiger charge is 2.13. The van der Waals surface area contributed by atoms with E-state index in [2.05, 4.69) is 15.9 Å². The number of methoxy groups -OCH3 is 1. The van der Waals surface area contributed by atoms with Gasteiger partial charge in [0, 0.05) is 11.1 Å². The van der Waals surface area contributed by atoms with Crippen molar-refractivity contribution in [3.05, 3.63) is 21.7 Å². The fourth-order valence-corrected chi connectivity index (χ4v) is 2.02. The van der Waals surface area contributed by atoms with Gasteiger partial charge in [-0.3, -0.25) is 0 Å². The lowest BCUT2D eigenvalue weighted by atomic mass is 10.1. The number of phenolic OH excluding ortho intramolecular Hbond substituents is 1. The Morgan fingerprint density at radius 2 is 2.29 bits per heavy atom. The van der Waals surface area contributed by atoms with Crippen molar-refractivity contribution in [2.75, 3.05) is 7.11 Å². The van der Waals surface area contributed by atoms with E-state index in [-0.39, 0.29) is 12.2 Å². The third kappa shape index (κ3) is 1.83. The zero-order valence-corrected chi connectivity index (χ0v) is 9.55. The zero-order valence-electron chi connectivity index (χ0n) is 7.97. The lowest BCUT2D eigenvalue weighted by molar-refractivity contribution is 0.399. The summed E-state index contributed by atoms with van der Waals surface area (Å²) in [6, 6.07) is 3.69. The van der Waals surface area contributed by atoms with Gasteiger partial charge in [-0.25, -0.2) is 0 Å². The van der Waals surface area contributed by atoms with Crippen LogP contribution in [-0.4, -0.2) is 12.2 Å². The van der Waals surface area contributed by atoms with E-state index in [1.54, 1.807) is 13.0 Å². The summed E-state index contributed by atoms with van der Waals surface area (Å²) >= 11 is 3.32. The number of nitriles is 1. The topological polar surface area (TPSA) is 53.2 Å². The number of hydrogen-bond acceptors (Lipinski definition) is 3. The van der Waals surface area contributed by atoms with Gasteiger partial charge in [0.1, 0.15) is 11.5 Å². The molecule has 0 unspecified atom stereocenters. The van der Waals surface area contributed by atoms with E-state index >= 15 is 0 Å². The number of rotatable bonds is 2. The Kier molecular flexibility index (Phi) is 3.37. The molecule has 0 aliphatic carbocycles. The van der Waals surface area contributed by atoms with E-state index in [1.165, 1.54) is 7.11 Å². The summed E-state index contributed by atoms with van der Waals surface area (Å²) in [5.74, 6) is 0.732. The number of benzene rings is 1. The molecule has 0 amide bonds. The molecule has 0 saturated carbocycles. The van der Waals surface area contributed by atoms with Crippen molar-refractivity contribution in [2.45, 2.75) is 13.3 Å². The summed E-state index contributed by atoms with van der Waals surface area (Å²) in [4.78, 5) is 0. The van der Waals surface area contributed by atoms with E-state index in [9.17, 15) is 5.11 Å². The van der Waals surface area contributed by atoms with Crippen LogP contribution in [-0.2, 0) is 6.42 Å². The highest BCUT2D eigenvalue weighted by atomic mass is 79.9. The average molecular weight is 256 g/mol. The fraction of sp³-hybridized carbons (Fsp3) is 0.300. The smallest absolute Gasteiger partial charge is 0.139 e. The van der Waals surface area contributed by atoms with Crippen LogP contribution in [0.2, 0.25) is 0 Å². The lowest BCUT2D eigenvalue weighted by Crippen LogP contribution is -1.93. The summed E-state index contributed by atoms with van der Waals surface area (Å²) < 4.78 is 5.85. The average Bonchev–Trinajstić information content (AvgIpc) is 2.15. The van der Waals surface area contributed by atoms with Crippen molar-refractivity contribution in [1.29, 1.82) is 5.26 Å². The minimum atomic E-state index is 0.131. The molecule has 3 nitrogen and oxygen atoms in total. The Labute approximate surface area is 91.1 Å². The van der Waals surface area contributed by atoms with Gasteiger partial charge in [0.2, 0.25) is 0 Å². The van der Waals surface area contributed by atoms with Crippen LogP contribution in [0.3, 0.4) is 0 Å². The highest BCUT2D eigenvalue weighted by molar-refractivity contribution is 9.10. The van der Waals surface area contributed by atoms with Gasteiger partial charge < -0.3 is 9.84 Å². The van der Waals surface area contributed by atoms with Crippen molar-refractivity contribution in [1.82, 2.24) is 0 Å². The monoisotopic (exact) mass is 255 g/mol. The third-order valence-corrected chi connectivity index (χ3v) is 2.58. The number of halogens is 1. The van der Waals surface area contributed by atoms with Crippen LogP contribution < -0.4 is 4.74 Å².